The minimum Gasteiger partial charge on any atom is -0.323 e. The highest BCUT2D eigenvalue weighted by Gasteiger charge is 2.29. The van der Waals surface area contributed by atoms with E-state index in [1.54, 1.807) is 23.9 Å². The summed E-state index contributed by atoms with van der Waals surface area (Å²) in [5.41, 5.74) is 0.858. The van der Waals surface area contributed by atoms with Gasteiger partial charge in [-0.1, -0.05) is 19.1 Å². The Morgan fingerprint density at radius 1 is 1.19 bits per heavy atom. The summed E-state index contributed by atoms with van der Waals surface area (Å²) < 4.78 is 38.6. The number of halogens is 1. The van der Waals surface area contributed by atoms with Crippen LogP contribution in [0, 0.1) is 5.82 Å². The number of carbonyl (C=O) groups is 1. The summed E-state index contributed by atoms with van der Waals surface area (Å²) in [5.74, 6) is -0.109. The molecule has 8 heteroatoms. The smallest absolute Gasteiger partial charge is 0.248 e. The fourth-order valence-electron chi connectivity index (χ4n) is 2.49. The highest BCUT2D eigenvalue weighted by Crippen LogP contribution is 2.28. The molecule has 2 aromatic carbocycles. The van der Waals surface area contributed by atoms with Gasteiger partial charge in [-0.3, -0.25) is 9.10 Å². The zero-order valence-electron chi connectivity index (χ0n) is 14.8. The van der Waals surface area contributed by atoms with Crippen LogP contribution in [0.5, 0.6) is 0 Å². The Morgan fingerprint density at radius 3 is 2.38 bits per heavy atom. The van der Waals surface area contributed by atoms with E-state index in [4.69, 9.17) is 0 Å². The Hall–Kier alpha value is -2.06. The SMILES string of the molecule is CCSc1ccccc1NC(=O)[C@H](C)N(c1ccc(F)cc1)S(C)(=O)=O. The van der Waals surface area contributed by atoms with Crippen molar-refractivity contribution < 1.29 is 17.6 Å². The maximum Gasteiger partial charge on any atom is 0.248 e. The number of benzene rings is 2. The van der Waals surface area contributed by atoms with Crippen LogP contribution in [0.15, 0.2) is 53.4 Å². The second kappa shape index (κ2) is 8.55. The van der Waals surface area contributed by atoms with Gasteiger partial charge in [-0.2, -0.15) is 0 Å². The predicted octanol–water partition coefficient (Wildman–Crippen LogP) is 3.73. The number of carbonyl (C=O) groups excluding carboxylic acids is 1. The van der Waals surface area contributed by atoms with Gasteiger partial charge < -0.3 is 5.32 Å². The van der Waals surface area contributed by atoms with E-state index in [9.17, 15) is 17.6 Å². The Labute approximate surface area is 157 Å². The number of nitrogens with zero attached hydrogens (tertiary/aromatic N) is 1. The van der Waals surface area contributed by atoms with Crippen molar-refractivity contribution in [1.29, 1.82) is 0 Å². The number of hydrogen-bond donors (Lipinski definition) is 1. The fraction of sp³-hybridized carbons (Fsp3) is 0.278. The molecule has 0 saturated carbocycles. The molecule has 0 aliphatic carbocycles. The molecule has 5 nitrogen and oxygen atoms in total. The molecule has 0 aromatic heterocycles. The topological polar surface area (TPSA) is 66.5 Å². The van der Waals surface area contributed by atoms with E-state index in [1.807, 2.05) is 19.1 Å². The lowest BCUT2D eigenvalue weighted by atomic mass is 10.2. The quantitative estimate of drug-likeness (QED) is 0.724. The molecule has 140 valence electrons. The molecule has 1 atom stereocenters. The van der Waals surface area contributed by atoms with Gasteiger partial charge in [0.2, 0.25) is 15.9 Å². The van der Waals surface area contributed by atoms with Crippen molar-refractivity contribution in [3.8, 4) is 0 Å². The molecule has 0 radical (unpaired) electrons. The second-order valence-corrected chi connectivity index (χ2v) is 8.79. The third kappa shape index (κ3) is 4.98. The van der Waals surface area contributed by atoms with Crippen LogP contribution in [0.3, 0.4) is 0 Å². The Balaban J connectivity index is 2.30. The highest BCUT2D eigenvalue weighted by atomic mass is 32.2. The van der Waals surface area contributed by atoms with Crippen molar-refractivity contribution in [2.75, 3.05) is 21.6 Å². The van der Waals surface area contributed by atoms with Gasteiger partial charge in [0.05, 0.1) is 17.6 Å². The van der Waals surface area contributed by atoms with Crippen molar-refractivity contribution in [1.82, 2.24) is 0 Å². The molecular weight excluding hydrogens is 375 g/mol. The van der Waals surface area contributed by atoms with Gasteiger partial charge in [-0.15, -0.1) is 11.8 Å². The number of thioether (sulfide) groups is 1. The van der Waals surface area contributed by atoms with Gasteiger partial charge in [0, 0.05) is 4.90 Å². The van der Waals surface area contributed by atoms with Gasteiger partial charge in [0.1, 0.15) is 11.9 Å². The number of nitrogens with one attached hydrogen (secondary N) is 1. The van der Waals surface area contributed by atoms with Crippen molar-refractivity contribution in [2.45, 2.75) is 24.8 Å². The molecule has 0 saturated heterocycles. The molecule has 0 aliphatic rings. The summed E-state index contributed by atoms with van der Waals surface area (Å²) in [5, 5.41) is 2.79. The van der Waals surface area contributed by atoms with Crippen molar-refractivity contribution in [2.24, 2.45) is 0 Å². The number of anilines is 2. The lowest BCUT2D eigenvalue weighted by Crippen LogP contribution is -2.45. The Kier molecular flexibility index (Phi) is 6.66. The van der Waals surface area contributed by atoms with Crippen LogP contribution in [-0.2, 0) is 14.8 Å². The summed E-state index contributed by atoms with van der Waals surface area (Å²) in [4.78, 5) is 13.6. The van der Waals surface area contributed by atoms with Gasteiger partial charge in [0.15, 0.2) is 0 Å². The van der Waals surface area contributed by atoms with E-state index in [-0.39, 0.29) is 5.69 Å². The van der Waals surface area contributed by atoms with E-state index in [0.29, 0.717) is 5.69 Å². The number of para-hydroxylation sites is 1. The third-order valence-corrected chi connectivity index (χ3v) is 5.81. The molecule has 0 heterocycles. The van der Waals surface area contributed by atoms with E-state index in [2.05, 4.69) is 5.32 Å². The first kappa shape index (κ1) is 20.3. The van der Waals surface area contributed by atoms with E-state index in [0.717, 1.165) is 33.3 Å². The first-order valence-electron chi connectivity index (χ1n) is 8.01. The summed E-state index contributed by atoms with van der Waals surface area (Å²) in [6.45, 7) is 3.50. The van der Waals surface area contributed by atoms with Gasteiger partial charge in [-0.25, -0.2) is 12.8 Å². The van der Waals surface area contributed by atoms with Gasteiger partial charge >= 0.3 is 0 Å². The first-order chi connectivity index (χ1) is 12.2. The van der Waals surface area contributed by atoms with Crippen molar-refractivity contribution >= 4 is 39.1 Å². The summed E-state index contributed by atoms with van der Waals surface area (Å²) >= 11 is 1.58. The number of sulfonamides is 1. The molecule has 0 unspecified atom stereocenters. The maximum absolute atomic E-state index is 13.2. The van der Waals surface area contributed by atoms with Crippen LogP contribution in [0.25, 0.3) is 0 Å². The minimum atomic E-state index is -3.74. The van der Waals surface area contributed by atoms with E-state index >= 15 is 0 Å². The number of rotatable bonds is 7. The molecule has 2 rings (SSSR count). The maximum atomic E-state index is 13.2. The molecule has 0 fully saturated rings. The van der Waals surface area contributed by atoms with Crippen LogP contribution >= 0.6 is 11.8 Å². The zero-order valence-corrected chi connectivity index (χ0v) is 16.4. The summed E-state index contributed by atoms with van der Waals surface area (Å²) in [7, 11) is -3.74. The fourth-order valence-corrected chi connectivity index (χ4v) is 4.42. The van der Waals surface area contributed by atoms with Crippen molar-refractivity contribution in [3.05, 3.63) is 54.3 Å². The second-order valence-electron chi connectivity index (χ2n) is 5.63. The molecule has 0 aliphatic heterocycles. The van der Waals surface area contributed by atoms with E-state index in [1.165, 1.54) is 19.1 Å². The monoisotopic (exact) mass is 396 g/mol. The predicted molar refractivity (Wildman–Crippen MR) is 105 cm³/mol. The number of hydrogen-bond acceptors (Lipinski definition) is 4. The summed E-state index contributed by atoms with van der Waals surface area (Å²) in [6, 6.07) is 11.3. The average Bonchev–Trinajstić information content (AvgIpc) is 2.57. The van der Waals surface area contributed by atoms with Crippen LogP contribution < -0.4 is 9.62 Å². The molecule has 1 amide bonds. The highest BCUT2D eigenvalue weighted by molar-refractivity contribution is 7.99. The van der Waals surface area contributed by atoms with Crippen LogP contribution in [-0.4, -0.2) is 32.4 Å². The van der Waals surface area contributed by atoms with Crippen LogP contribution in [0.1, 0.15) is 13.8 Å². The third-order valence-electron chi connectivity index (χ3n) is 3.61. The Bertz CT molecular complexity index is 870. The molecule has 26 heavy (non-hydrogen) atoms. The standard InChI is InChI=1S/C18H21FN2O3S2/c1-4-25-17-8-6-5-7-16(17)20-18(22)13(2)21(26(3,23)24)15-11-9-14(19)10-12-15/h5-13H,4H2,1-3H3,(H,20,22)/t13-/m0/s1. The van der Waals surface area contributed by atoms with Crippen molar-refractivity contribution in [3.63, 3.8) is 0 Å². The largest absolute Gasteiger partial charge is 0.323 e. The lowest BCUT2D eigenvalue weighted by molar-refractivity contribution is -0.116. The van der Waals surface area contributed by atoms with Gasteiger partial charge in [-0.05, 0) is 49.1 Å². The van der Waals surface area contributed by atoms with Crippen LogP contribution in [0.4, 0.5) is 15.8 Å². The minimum absolute atomic E-state index is 0.229. The molecule has 1 N–H and O–H groups in total. The first-order valence-corrected chi connectivity index (χ1v) is 10.8. The molecule has 2 aromatic rings. The number of amides is 1. The average molecular weight is 397 g/mol. The molecular formula is C18H21FN2O3S2. The van der Waals surface area contributed by atoms with Gasteiger partial charge in [0.25, 0.3) is 0 Å². The molecule has 0 spiro atoms. The zero-order chi connectivity index (χ0) is 19.3. The lowest BCUT2D eigenvalue weighted by Gasteiger charge is -2.28. The van der Waals surface area contributed by atoms with Crippen LogP contribution in [0.2, 0.25) is 0 Å². The molecule has 0 bridgehead atoms. The summed E-state index contributed by atoms with van der Waals surface area (Å²) in [6.07, 6.45) is 1.01. The normalized spacial score (nSPS) is 12.5. The van der Waals surface area contributed by atoms with E-state index < -0.39 is 27.8 Å². The Morgan fingerprint density at radius 2 is 1.81 bits per heavy atom.